The van der Waals surface area contributed by atoms with E-state index in [0.29, 0.717) is 0 Å². The minimum atomic E-state index is -0.356. The van der Waals surface area contributed by atoms with E-state index in [4.69, 9.17) is 12.6 Å². The van der Waals surface area contributed by atoms with Crippen LogP contribution in [0.1, 0.15) is 12.8 Å². The molecule has 0 fully saturated rings. The van der Waals surface area contributed by atoms with Gasteiger partial charge in [-0.1, -0.05) is 6.08 Å². The molecule has 0 heterocycles. The maximum Gasteiger partial charge on any atom is 3.00 e. The standard InChI is InChI=1S/C7H8BO.C3H5NO.Er/c1-9-7-4-2-6(8)3-5-7;1-3(5)4-2;/h2,4H,1,3,5H2;1-2H2,(H,4,5);/q-1;-2;+3. The molecule has 5 heteroatoms. The number of ether oxygens (including phenoxy) is 1. The van der Waals surface area contributed by atoms with Crippen LogP contribution in [-0.4, -0.2) is 13.8 Å². The molecule has 0 atom stereocenters. The van der Waals surface area contributed by atoms with Crippen LogP contribution in [0.15, 0.2) is 23.4 Å². The quantitative estimate of drug-likeness (QED) is 0.567. The van der Waals surface area contributed by atoms with Gasteiger partial charge in [-0.3, -0.25) is 7.05 Å². The average molecular weight is 357 g/mol. The third kappa shape index (κ3) is 10.2. The Morgan fingerprint density at radius 3 is 2.27 bits per heavy atom. The number of carbonyl (C=O) groups is 1. The van der Waals surface area contributed by atoms with Crippen LogP contribution in [0, 0.1) is 58.4 Å². The molecule has 1 aliphatic carbocycles. The van der Waals surface area contributed by atoms with Gasteiger partial charge in [0, 0.05) is 6.42 Å². The largest absolute Gasteiger partial charge is 3.00 e. The Morgan fingerprint density at radius 1 is 1.47 bits per heavy atom. The summed E-state index contributed by atoms with van der Waals surface area (Å²) in [6.45, 7) is 2.94. The summed E-state index contributed by atoms with van der Waals surface area (Å²) in [4.78, 5) is 9.53. The number of nitrogens with one attached hydrogen (secondary N) is 1. The van der Waals surface area contributed by atoms with Crippen LogP contribution < -0.4 is 5.32 Å². The Kier molecular flexibility index (Phi) is 12.1. The predicted molar refractivity (Wildman–Crippen MR) is 56.5 cm³/mol. The van der Waals surface area contributed by atoms with Crippen molar-refractivity contribution >= 4 is 13.8 Å². The van der Waals surface area contributed by atoms with Crippen LogP contribution in [0.4, 0.5) is 0 Å². The summed E-state index contributed by atoms with van der Waals surface area (Å²) < 4.78 is 4.75. The van der Waals surface area contributed by atoms with E-state index in [1.807, 2.05) is 17.5 Å². The first-order chi connectivity index (χ1) is 6.60. The molecule has 0 aromatic carbocycles. The molecule has 0 bridgehead atoms. The SMILES string of the molecule is [B]C1=CC=C(O[CH2-])CC1.[CH2-]NC([CH2-])=O.[Er+3]. The van der Waals surface area contributed by atoms with E-state index < -0.39 is 0 Å². The van der Waals surface area contributed by atoms with Crippen LogP contribution in [0.25, 0.3) is 0 Å². The summed E-state index contributed by atoms with van der Waals surface area (Å²) in [5, 5.41) is 2.03. The van der Waals surface area contributed by atoms with Crippen LogP contribution in [0.5, 0.6) is 0 Å². The van der Waals surface area contributed by atoms with Crippen LogP contribution >= 0.6 is 0 Å². The van der Waals surface area contributed by atoms with Gasteiger partial charge >= 0.3 is 37.3 Å². The zero-order chi connectivity index (χ0) is 11.0. The number of amides is 1. The number of hydrogen-bond donors (Lipinski definition) is 1. The van der Waals surface area contributed by atoms with Gasteiger partial charge in [-0.25, -0.2) is 0 Å². The molecule has 3 nitrogen and oxygen atoms in total. The molecule has 3 radical (unpaired) electrons. The molecule has 0 spiro atoms. The maximum atomic E-state index is 9.53. The summed E-state index contributed by atoms with van der Waals surface area (Å²) in [6, 6.07) is 0. The maximum absolute atomic E-state index is 9.53. The van der Waals surface area contributed by atoms with Gasteiger partial charge in [-0.15, -0.1) is 5.47 Å². The molecule has 1 rings (SSSR count). The van der Waals surface area contributed by atoms with E-state index in [2.05, 4.69) is 21.1 Å². The van der Waals surface area contributed by atoms with Gasteiger partial charge < -0.3 is 21.8 Å². The smallest absolute Gasteiger partial charge is 0.668 e. The molecule has 1 aliphatic rings. The van der Waals surface area contributed by atoms with Crippen LogP contribution in [0.2, 0.25) is 0 Å². The van der Waals surface area contributed by atoms with Gasteiger partial charge in [0.05, 0.1) is 11.7 Å². The van der Waals surface area contributed by atoms with E-state index in [1.54, 1.807) is 0 Å². The summed E-state index contributed by atoms with van der Waals surface area (Å²) in [6.07, 6.45) is 5.48. The first-order valence-corrected chi connectivity index (χ1v) is 4.06. The molecule has 0 aliphatic heterocycles. The van der Waals surface area contributed by atoms with Crippen molar-refractivity contribution in [2.45, 2.75) is 12.8 Å². The molecular weight excluding hydrogens is 344 g/mol. The van der Waals surface area contributed by atoms with Crippen molar-refractivity contribution in [2.24, 2.45) is 0 Å². The average Bonchev–Trinajstić information content (AvgIpc) is 2.20. The molecule has 0 unspecified atom stereocenters. The minimum absolute atomic E-state index is 0. The molecule has 0 saturated heterocycles. The van der Waals surface area contributed by atoms with E-state index in [1.165, 1.54) is 0 Å². The van der Waals surface area contributed by atoms with Gasteiger partial charge in [0.1, 0.15) is 7.85 Å². The van der Waals surface area contributed by atoms with Crippen molar-refractivity contribution in [2.75, 3.05) is 0 Å². The van der Waals surface area contributed by atoms with E-state index >= 15 is 0 Å². The number of carbonyl (C=O) groups excluding carboxylic acids is 1. The fourth-order valence-corrected chi connectivity index (χ4v) is 0.754. The predicted octanol–water partition coefficient (Wildman–Crippen LogP) is 1.25. The van der Waals surface area contributed by atoms with Crippen molar-refractivity contribution in [3.05, 3.63) is 44.5 Å². The number of allylic oxidation sites excluding steroid dienone is 4. The fraction of sp³-hybridized carbons (Fsp3) is 0.200. The fourth-order valence-electron chi connectivity index (χ4n) is 0.754. The van der Waals surface area contributed by atoms with Gasteiger partial charge in [0.15, 0.2) is 0 Å². The molecule has 15 heavy (non-hydrogen) atoms. The monoisotopic (exact) mass is 356 g/mol. The second-order valence-corrected chi connectivity index (χ2v) is 2.62. The molecular formula is C10H13BErNO2. The van der Waals surface area contributed by atoms with Gasteiger partial charge in [-0.05, 0) is 12.5 Å². The summed E-state index contributed by atoms with van der Waals surface area (Å²) in [5.74, 6) is 0.550. The Hall–Kier alpha value is -0.0683. The van der Waals surface area contributed by atoms with Crippen molar-refractivity contribution in [1.82, 2.24) is 5.32 Å². The molecule has 1 amide bonds. The Balaban J connectivity index is 0. The van der Waals surface area contributed by atoms with Crippen molar-refractivity contribution < 1.29 is 46.8 Å². The molecule has 0 saturated carbocycles. The number of hydrogen-bond acceptors (Lipinski definition) is 2. The minimum Gasteiger partial charge on any atom is -0.668 e. The molecule has 0 aromatic heterocycles. The molecule has 85 valence electrons. The first kappa shape index (κ1) is 17.3. The van der Waals surface area contributed by atoms with Crippen molar-refractivity contribution in [3.8, 4) is 0 Å². The molecule has 0 aromatic rings. The zero-order valence-electron chi connectivity index (χ0n) is 8.37. The van der Waals surface area contributed by atoms with E-state index in [9.17, 15) is 4.79 Å². The summed E-state index contributed by atoms with van der Waals surface area (Å²) >= 11 is 0. The second-order valence-electron chi connectivity index (χ2n) is 2.62. The zero-order valence-corrected chi connectivity index (χ0v) is 10.2. The van der Waals surface area contributed by atoms with Crippen LogP contribution in [-0.2, 0) is 9.53 Å². The Bertz CT molecular complexity index is 252. The van der Waals surface area contributed by atoms with E-state index in [-0.39, 0.29) is 43.2 Å². The topological polar surface area (TPSA) is 38.3 Å². The Labute approximate surface area is 122 Å². The molecule has 1 N–H and O–H groups in total. The normalized spacial score (nSPS) is 13.2. The Morgan fingerprint density at radius 2 is 2.00 bits per heavy atom. The van der Waals surface area contributed by atoms with Crippen molar-refractivity contribution in [3.63, 3.8) is 0 Å². The van der Waals surface area contributed by atoms with Crippen LogP contribution in [0.3, 0.4) is 0 Å². The third-order valence-corrected chi connectivity index (χ3v) is 1.53. The van der Waals surface area contributed by atoms with Gasteiger partial charge in [0.2, 0.25) is 0 Å². The summed E-state index contributed by atoms with van der Waals surface area (Å²) in [7, 11) is 11.8. The third-order valence-electron chi connectivity index (χ3n) is 1.53. The number of rotatable bonds is 1. The van der Waals surface area contributed by atoms with E-state index in [0.717, 1.165) is 24.1 Å². The van der Waals surface area contributed by atoms with Crippen molar-refractivity contribution in [1.29, 1.82) is 0 Å². The first-order valence-electron chi connectivity index (χ1n) is 4.06. The second kappa shape index (κ2) is 10.4. The summed E-state index contributed by atoms with van der Waals surface area (Å²) in [5.41, 5.74) is 0.913. The van der Waals surface area contributed by atoms with Gasteiger partial charge in [0.25, 0.3) is 0 Å². The van der Waals surface area contributed by atoms with Gasteiger partial charge in [-0.2, -0.15) is 7.11 Å².